The minimum Gasteiger partial charge on any atom is -0.238 e. The lowest BCUT2D eigenvalue weighted by atomic mass is 10.1. The van der Waals surface area contributed by atoms with Gasteiger partial charge >= 0.3 is 0 Å². The highest BCUT2D eigenvalue weighted by atomic mass is 79.9. The van der Waals surface area contributed by atoms with Crippen molar-refractivity contribution in [1.82, 2.24) is 0 Å². The summed E-state index contributed by atoms with van der Waals surface area (Å²) in [6, 6.07) is 15.7. The summed E-state index contributed by atoms with van der Waals surface area (Å²) in [5.74, 6) is 0. The molecular weight excluding hydrogens is 250 g/mol. The highest BCUT2D eigenvalue weighted by Crippen LogP contribution is 2.24. The van der Waals surface area contributed by atoms with E-state index in [0.29, 0.717) is 5.69 Å². The van der Waals surface area contributed by atoms with E-state index in [4.69, 9.17) is 6.57 Å². The van der Waals surface area contributed by atoms with Crippen LogP contribution < -0.4 is 0 Å². The Labute approximate surface area is 97.3 Å². The minimum atomic E-state index is 0.675. The van der Waals surface area contributed by atoms with Crippen LogP contribution in [0.5, 0.6) is 0 Å². The predicted molar refractivity (Wildman–Crippen MR) is 65.8 cm³/mol. The van der Waals surface area contributed by atoms with Crippen molar-refractivity contribution in [2.75, 3.05) is 0 Å². The summed E-state index contributed by atoms with van der Waals surface area (Å²) < 4.78 is 1.06. The van der Waals surface area contributed by atoms with E-state index in [9.17, 15) is 0 Å². The lowest BCUT2D eigenvalue weighted by Gasteiger charge is -2.01. The largest absolute Gasteiger partial charge is 0.238 e. The molecule has 0 bridgehead atoms. The molecule has 0 aromatic heterocycles. The lowest BCUT2D eigenvalue weighted by Crippen LogP contribution is -1.76. The van der Waals surface area contributed by atoms with Gasteiger partial charge in [-0.05, 0) is 23.3 Å². The Morgan fingerprint density at radius 3 is 2.27 bits per heavy atom. The molecule has 2 aromatic carbocycles. The summed E-state index contributed by atoms with van der Waals surface area (Å²) in [4.78, 5) is 3.36. The third-order valence-electron chi connectivity index (χ3n) is 2.15. The molecule has 2 aromatic rings. The third-order valence-corrected chi connectivity index (χ3v) is 2.65. The number of hydrogen-bond acceptors (Lipinski definition) is 0. The molecule has 0 heterocycles. The first kappa shape index (κ1) is 9.95. The molecule has 0 radical (unpaired) electrons. The molecule has 0 aliphatic heterocycles. The Morgan fingerprint density at radius 2 is 1.67 bits per heavy atom. The average molecular weight is 258 g/mol. The highest BCUT2D eigenvalue weighted by Gasteiger charge is 1.97. The molecule has 0 aliphatic carbocycles. The number of nitrogens with zero attached hydrogens (tertiary/aromatic N) is 1. The summed E-state index contributed by atoms with van der Waals surface area (Å²) in [6.45, 7) is 6.87. The molecule has 2 rings (SSSR count). The second-order valence-corrected chi connectivity index (χ2v) is 4.08. The maximum Gasteiger partial charge on any atom is 0.187 e. The van der Waals surface area contributed by atoms with Crippen molar-refractivity contribution in [2.45, 2.75) is 0 Å². The summed E-state index contributed by atoms with van der Waals surface area (Å²) in [5, 5.41) is 0. The molecule has 0 fully saturated rings. The maximum atomic E-state index is 6.87. The number of halogens is 1. The molecule has 72 valence electrons. The first-order valence-corrected chi connectivity index (χ1v) is 5.32. The van der Waals surface area contributed by atoms with Gasteiger partial charge in [0.1, 0.15) is 0 Å². The van der Waals surface area contributed by atoms with Gasteiger partial charge in [0.2, 0.25) is 0 Å². The van der Waals surface area contributed by atoms with Gasteiger partial charge in [-0.25, -0.2) is 4.85 Å². The molecule has 0 saturated heterocycles. The molecule has 0 amide bonds. The summed E-state index contributed by atoms with van der Waals surface area (Å²) in [5.41, 5.74) is 2.96. The second-order valence-electron chi connectivity index (χ2n) is 3.17. The molecule has 1 nitrogen and oxygen atoms in total. The third kappa shape index (κ3) is 2.26. The fraction of sp³-hybridized carbons (Fsp3) is 0. The van der Waals surface area contributed by atoms with E-state index in [1.807, 2.05) is 36.4 Å². The van der Waals surface area contributed by atoms with Crippen LogP contribution >= 0.6 is 15.9 Å². The molecule has 2 heteroatoms. The van der Waals surface area contributed by atoms with E-state index in [1.165, 1.54) is 0 Å². The van der Waals surface area contributed by atoms with Crippen molar-refractivity contribution in [3.05, 3.63) is 64.4 Å². The van der Waals surface area contributed by atoms with Crippen LogP contribution in [0.2, 0.25) is 0 Å². The van der Waals surface area contributed by atoms with Crippen molar-refractivity contribution in [3.8, 4) is 11.1 Å². The maximum absolute atomic E-state index is 6.87. The van der Waals surface area contributed by atoms with Crippen molar-refractivity contribution in [1.29, 1.82) is 0 Å². The van der Waals surface area contributed by atoms with Gasteiger partial charge in [-0.1, -0.05) is 52.3 Å². The summed E-state index contributed by atoms with van der Waals surface area (Å²) in [7, 11) is 0. The second kappa shape index (κ2) is 4.29. The fourth-order valence-corrected chi connectivity index (χ4v) is 1.80. The van der Waals surface area contributed by atoms with Gasteiger partial charge in [0, 0.05) is 4.47 Å². The summed E-state index contributed by atoms with van der Waals surface area (Å²) >= 11 is 3.44. The van der Waals surface area contributed by atoms with E-state index < -0.39 is 0 Å². The van der Waals surface area contributed by atoms with Gasteiger partial charge in [0.25, 0.3) is 0 Å². The van der Waals surface area contributed by atoms with Crippen LogP contribution in [0.15, 0.2) is 53.0 Å². The van der Waals surface area contributed by atoms with E-state index >= 15 is 0 Å². The van der Waals surface area contributed by atoms with E-state index in [0.717, 1.165) is 15.6 Å². The van der Waals surface area contributed by atoms with Gasteiger partial charge in [0.05, 0.1) is 6.57 Å². The van der Waals surface area contributed by atoms with Crippen LogP contribution in [0.3, 0.4) is 0 Å². The first-order valence-electron chi connectivity index (χ1n) is 4.53. The molecule has 0 spiro atoms. The minimum absolute atomic E-state index is 0.675. The van der Waals surface area contributed by atoms with Gasteiger partial charge in [0.15, 0.2) is 5.69 Å². The Morgan fingerprint density at radius 1 is 0.933 bits per heavy atom. The van der Waals surface area contributed by atoms with Crippen LogP contribution in [-0.2, 0) is 0 Å². The van der Waals surface area contributed by atoms with E-state index in [2.05, 4.69) is 32.9 Å². The molecule has 0 atom stereocenters. The Bertz CT molecular complexity index is 509. The normalized spacial score (nSPS) is 9.60. The zero-order valence-electron chi connectivity index (χ0n) is 7.94. The molecule has 15 heavy (non-hydrogen) atoms. The molecular formula is C13H8BrN. The number of hydrogen-bond donors (Lipinski definition) is 0. The summed E-state index contributed by atoms with van der Waals surface area (Å²) in [6.07, 6.45) is 0. The molecule has 0 N–H and O–H groups in total. The fourth-order valence-electron chi connectivity index (χ4n) is 1.40. The van der Waals surface area contributed by atoms with Crippen LogP contribution in [0.25, 0.3) is 16.0 Å². The van der Waals surface area contributed by atoms with Gasteiger partial charge in [-0.2, -0.15) is 0 Å². The molecule has 0 unspecified atom stereocenters. The smallest absolute Gasteiger partial charge is 0.187 e. The monoisotopic (exact) mass is 257 g/mol. The van der Waals surface area contributed by atoms with Crippen LogP contribution in [0, 0.1) is 6.57 Å². The molecule has 0 aliphatic rings. The van der Waals surface area contributed by atoms with Crippen molar-refractivity contribution in [2.24, 2.45) is 0 Å². The van der Waals surface area contributed by atoms with Crippen molar-refractivity contribution >= 4 is 21.6 Å². The van der Waals surface area contributed by atoms with Gasteiger partial charge in [-0.3, -0.25) is 0 Å². The van der Waals surface area contributed by atoms with Crippen LogP contribution in [0.4, 0.5) is 5.69 Å². The zero-order valence-corrected chi connectivity index (χ0v) is 9.53. The highest BCUT2D eigenvalue weighted by molar-refractivity contribution is 9.10. The number of rotatable bonds is 1. The number of benzene rings is 2. The van der Waals surface area contributed by atoms with Gasteiger partial charge in [-0.15, -0.1) is 0 Å². The zero-order chi connectivity index (χ0) is 10.7. The quantitative estimate of drug-likeness (QED) is 0.655. The van der Waals surface area contributed by atoms with E-state index in [1.54, 1.807) is 0 Å². The molecule has 0 saturated carbocycles. The Kier molecular flexibility index (Phi) is 2.84. The van der Waals surface area contributed by atoms with Crippen LogP contribution in [0.1, 0.15) is 0 Å². The van der Waals surface area contributed by atoms with Crippen LogP contribution in [-0.4, -0.2) is 0 Å². The SMILES string of the molecule is [C-]#[N+]c1ccc(-c2cccc(Br)c2)cc1. The predicted octanol–water partition coefficient (Wildman–Crippen LogP) is 4.67. The van der Waals surface area contributed by atoms with Gasteiger partial charge < -0.3 is 0 Å². The standard InChI is InChI=1S/C13H8BrN/c1-15-13-7-5-10(6-8-13)11-3-2-4-12(14)9-11/h2-9H. The Balaban J connectivity index is 2.42. The van der Waals surface area contributed by atoms with E-state index in [-0.39, 0.29) is 0 Å². The average Bonchev–Trinajstić information content (AvgIpc) is 2.29. The van der Waals surface area contributed by atoms with Crippen molar-refractivity contribution in [3.63, 3.8) is 0 Å². The van der Waals surface area contributed by atoms with Crippen molar-refractivity contribution < 1.29 is 0 Å². The first-order chi connectivity index (χ1) is 7.29. The Hall–Kier alpha value is -1.59. The topological polar surface area (TPSA) is 4.36 Å². The lowest BCUT2D eigenvalue weighted by molar-refractivity contribution is 1.60.